The summed E-state index contributed by atoms with van der Waals surface area (Å²) in [6.45, 7) is 4.12. The van der Waals surface area contributed by atoms with E-state index < -0.39 is 0 Å². The number of nitrogens with one attached hydrogen (secondary N) is 3. The molecule has 0 saturated carbocycles. The summed E-state index contributed by atoms with van der Waals surface area (Å²) in [6.07, 6.45) is 4.27. The number of nitrogens with zero attached hydrogens (tertiary/aromatic N) is 1. The van der Waals surface area contributed by atoms with E-state index in [-0.39, 0.29) is 36.0 Å². The van der Waals surface area contributed by atoms with Crippen molar-refractivity contribution in [2.24, 2.45) is 4.99 Å². The molecule has 1 heterocycles. The van der Waals surface area contributed by atoms with Gasteiger partial charge in [-0.25, -0.2) is 0 Å². The number of aliphatic imine (C=N–C) groups is 1. The number of hydrogen-bond donors (Lipinski definition) is 3. The Hall–Kier alpha value is -2.13. The number of hydrogen-bond acceptors (Lipinski definition) is 3. The normalized spacial score (nSPS) is 16.7. The van der Waals surface area contributed by atoms with E-state index in [9.17, 15) is 4.79 Å². The molecule has 1 amide bonds. The van der Waals surface area contributed by atoms with Gasteiger partial charge in [0.05, 0.1) is 6.10 Å². The first kappa shape index (κ1) is 26.1. The molecule has 1 aliphatic rings. The third kappa shape index (κ3) is 8.78. The largest absolute Gasteiger partial charge is 0.376 e. The molecule has 2 aromatic carbocycles. The third-order valence-electron chi connectivity index (χ3n) is 5.48. The minimum atomic E-state index is -0.0607. The van der Waals surface area contributed by atoms with Crippen molar-refractivity contribution < 1.29 is 9.53 Å². The lowest BCUT2D eigenvalue weighted by Gasteiger charge is -2.18. The molecule has 3 rings (SSSR count). The molecule has 6 nitrogen and oxygen atoms in total. The topological polar surface area (TPSA) is 74.8 Å². The maximum absolute atomic E-state index is 12.5. The molecule has 1 fully saturated rings. The highest BCUT2D eigenvalue weighted by molar-refractivity contribution is 14.0. The van der Waals surface area contributed by atoms with Crippen LogP contribution in [0.1, 0.15) is 47.7 Å². The summed E-state index contributed by atoms with van der Waals surface area (Å²) in [5, 5.41) is 9.76. The molecule has 174 valence electrons. The molecule has 0 bridgehead atoms. The van der Waals surface area contributed by atoms with Crippen LogP contribution in [0.3, 0.4) is 0 Å². The zero-order valence-electron chi connectivity index (χ0n) is 19.0. The van der Waals surface area contributed by atoms with Gasteiger partial charge in [-0.15, -0.1) is 24.0 Å². The van der Waals surface area contributed by atoms with Crippen LogP contribution in [0.5, 0.6) is 0 Å². The van der Waals surface area contributed by atoms with Gasteiger partial charge in [-0.3, -0.25) is 9.79 Å². The van der Waals surface area contributed by atoms with Crippen LogP contribution in [0.4, 0.5) is 0 Å². The van der Waals surface area contributed by atoms with Crippen molar-refractivity contribution in [2.75, 3.05) is 20.2 Å². The summed E-state index contributed by atoms with van der Waals surface area (Å²) >= 11 is 0. The molecule has 2 atom stereocenters. The van der Waals surface area contributed by atoms with E-state index in [1.165, 1.54) is 5.56 Å². The highest BCUT2D eigenvalue weighted by Gasteiger charge is 2.16. The number of guanidine groups is 1. The Labute approximate surface area is 208 Å². The zero-order chi connectivity index (χ0) is 21.9. The second-order valence-corrected chi connectivity index (χ2v) is 8.04. The second-order valence-electron chi connectivity index (χ2n) is 8.04. The predicted octanol–water partition coefficient (Wildman–Crippen LogP) is 3.90. The van der Waals surface area contributed by atoms with Gasteiger partial charge < -0.3 is 20.7 Å². The van der Waals surface area contributed by atoms with Gasteiger partial charge in [0, 0.05) is 38.3 Å². The number of carbonyl (C=O) groups excluding carboxylic acids is 1. The van der Waals surface area contributed by atoms with E-state index in [4.69, 9.17) is 4.74 Å². The maximum atomic E-state index is 12.5. The van der Waals surface area contributed by atoms with E-state index in [0.717, 1.165) is 43.8 Å². The van der Waals surface area contributed by atoms with Gasteiger partial charge in [-0.05, 0) is 55.9 Å². The fourth-order valence-electron chi connectivity index (χ4n) is 3.65. The van der Waals surface area contributed by atoms with E-state index >= 15 is 0 Å². The van der Waals surface area contributed by atoms with Crippen LogP contribution in [-0.2, 0) is 17.7 Å². The maximum Gasteiger partial charge on any atom is 0.251 e. The summed E-state index contributed by atoms with van der Waals surface area (Å²) in [6, 6.07) is 18.5. The molecule has 32 heavy (non-hydrogen) atoms. The average molecular weight is 550 g/mol. The quantitative estimate of drug-likeness (QED) is 0.252. The Balaban J connectivity index is 0.00000363. The molecule has 3 N–H and O–H groups in total. The molecule has 0 radical (unpaired) electrons. The Kier molecular flexibility index (Phi) is 11.5. The molecular formula is C25H35IN4O2. The SMILES string of the molecule is CN=C(NCc1cccc(C(=O)NCC2CCCO2)c1)NC(C)CCc1ccccc1.I. The van der Waals surface area contributed by atoms with Gasteiger partial charge in [0.1, 0.15) is 0 Å². The van der Waals surface area contributed by atoms with Gasteiger partial charge in [-0.2, -0.15) is 0 Å². The minimum Gasteiger partial charge on any atom is -0.376 e. The number of ether oxygens (including phenoxy) is 1. The number of aryl methyl sites for hydroxylation is 1. The minimum absolute atomic E-state index is 0. The highest BCUT2D eigenvalue weighted by atomic mass is 127. The molecule has 2 unspecified atom stereocenters. The van der Waals surface area contributed by atoms with Crippen LogP contribution in [-0.4, -0.2) is 44.2 Å². The number of benzene rings is 2. The van der Waals surface area contributed by atoms with Crippen molar-refractivity contribution in [3.05, 3.63) is 71.3 Å². The summed E-state index contributed by atoms with van der Waals surface area (Å²) in [5.41, 5.74) is 3.04. The number of halogens is 1. The first-order valence-corrected chi connectivity index (χ1v) is 11.1. The van der Waals surface area contributed by atoms with Crippen LogP contribution in [0.2, 0.25) is 0 Å². The van der Waals surface area contributed by atoms with Crippen molar-refractivity contribution in [1.29, 1.82) is 0 Å². The van der Waals surface area contributed by atoms with Crippen LogP contribution in [0, 0.1) is 0 Å². The fourth-order valence-corrected chi connectivity index (χ4v) is 3.65. The van der Waals surface area contributed by atoms with E-state index in [1.54, 1.807) is 7.05 Å². The number of rotatable bonds is 9. The molecule has 2 aromatic rings. The summed E-state index contributed by atoms with van der Waals surface area (Å²) in [5.74, 6) is 0.697. The van der Waals surface area contributed by atoms with Crippen LogP contribution in [0.25, 0.3) is 0 Å². The summed E-state index contributed by atoms with van der Waals surface area (Å²) < 4.78 is 5.57. The number of amides is 1. The lowest BCUT2D eigenvalue weighted by Crippen LogP contribution is -2.42. The number of carbonyl (C=O) groups is 1. The van der Waals surface area contributed by atoms with Gasteiger partial charge in [-0.1, -0.05) is 42.5 Å². The van der Waals surface area contributed by atoms with Crippen molar-refractivity contribution in [3.8, 4) is 0 Å². The van der Waals surface area contributed by atoms with Gasteiger partial charge in [0.2, 0.25) is 0 Å². The molecule has 0 aromatic heterocycles. The highest BCUT2D eigenvalue weighted by Crippen LogP contribution is 2.11. The summed E-state index contributed by atoms with van der Waals surface area (Å²) in [7, 11) is 1.77. The van der Waals surface area contributed by atoms with Crippen molar-refractivity contribution >= 4 is 35.8 Å². The molecule has 7 heteroatoms. The van der Waals surface area contributed by atoms with E-state index in [1.807, 2.05) is 30.3 Å². The lowest BCUT2D eigenvalue weighted by atomic mass is 10.1. The average Bonchev–Trinajstić information content (AvgIpc) is 3.33. The molecule has 0 spiro atoms. The molecule has 1 saturated heterocycles. The van der Waals surface area contributed by atoms with E-state index in [2.05, 4.69) is 52.1 Å². The van der Waals surface area contributed by atoms with Crippen LogP contribution >= 0.6 is 24.0 Å². The van der Waals surface area contributed by atoms with Crippen LogP contribution < -0.4 is 16.0 Å². The molecule has 1 aliphatic heterocycles. The van der Waals surface area contributed by atoms with Crippen LogP contribution in [0.15, 0.2) is 59.6 Å². The monoisotopic (exact) mass is 550 g/mol. The van der Waals surface area contributed by atoms with Crippen molar-refractivity contribution in [2.45, 2.75) is 51.3 Å². The Morgan fingerprint density at radius 2 is 1.91 bits per heavy atom. The smallest absolute Gasteiger partial charge is 0.251 e. The first-order valence-electron chi connectivity index (χ1n) is 11.1. The summed E-state index contributed by atoms with van der Waals surface area (Å²) in [4.78, 5) is 16.8. The van der Waals surface area contributed by atoms with E-state index in [0.29, 0.717) is 24.7 Å². The van der Waals surface area contributed by atoms with Crippen molar-refractivity contribution in [1.82, 2.24) is 16.0 Å². The Morgan fingerprint density at radius 1 is 1.12 bits per heavy atom. The second kappa shape index (κ2) is 14.1. The van der Waals surface area contributed by atoms with Gasteiger partial charge in [0.15, 0.2) is 5.96 Å². The third-order valence-corrected chi connectivity index (χ3v) is 5.48. The molecular weight excluding hydrogens is 515 g/mol. The molecule has 0 aliphatic carbocycles. The van der Waals surface area contributed by atoms with Gasteiger partial charge in [0.25, 0.3) is 5.91 Å². The Bertz CT molecular complexity index is 854. The van der Waals surface area contributed by atoms with Crippen molar-refractivity contribution in [3.63, 3.8) is 0 Å². The Morgan fingerprint density at radius 3 is 2.62 bits per heavy atom. The zero-order valence-corrected chi connectivity index (χ0v) is 21.3. The standard InChI is InChI=1S/C25H34N4O2.HI/c1-19(13-14-20-8-4-3-5-9-20)29-25(26-2)28-17-21-10-6-11-22(16-21)24(30)27-18-23-12-7-15-31-23;/h3-6,8-11,16,19,23H,7,12-15,17-18H2,1-2H3,(H,27,30)(H2,26,28,29);1H. The predicted molar refractivity (Wildman–Crippen MR) is 141 cm³/mol. The fraction of sp³-hybridized carbons (Fsp3) is 0.440. The van der Waals surface area contributed by atoms with Gasteiger partial charge >= 0.3 is 0 Å². The lowest BCUT2D eigenvalue weighted by molar-refractivity contribution is 0.0857. The first-order chi connectivity index (χ1) is 15.1.